The lowest BCUT2D eigenvalue weighted by Gasteiger charge is -2.25. The van der Waals surface area contributed by atoms with E-state index in [1.807, 2.05) is 60.7 Å². The summed E-state index contributed by atoms with van der Waals surface area (Å²) in [5.41, 5.74) is 1.75. The fourth-order valence-corrected chi connectivity index (χ4v) is 4.19. The zero-order valence-electron chi connectivity index (χ0n) is 17.6. The van der Waals surface area contributed by atoms with Crippen LogP contribution in [0, 0.1) is 5.92 Å². The van der Waals surface area contributed by atoms with Gasteiger partial charge in [0.1, 0.15) is 19.0 Å². The van der Waals surface area contributed by atoms with Crippen LogP contribution >= 0.6 is 0 Å². The number of benzene rings is 2. The van der Waals surface area contributed by atoms with Crippen LogP contribution in [0.3, 0.4) is 0 Å². The molecule has 2 amide bonds. The molecule has 7 heteroatoms. The van der Waals surface area contributed by atoms with Gasteiger partial charge in [-0.2, -0.15) is 0 Å². The number of hydrogen-bond donors (Lipinski definition) is 0. The van der Waals surface area contributed by atoms with Crippen LogP contribution in [0.2, 0.25) is 0 Å². The maximum absolute atomic E-state index is 13.5. The predicted octanol–water partition coefficient (Wildman–Crippen LogP) is 3.63. The van der Waals surface area contributed by atoms with E-state index in [9.17, 15) is 9.59 Å². The Kier molecular flexibility index (Phi) is 5.54. The molecule has 7 nitrogen and oxygen atoms in total. The number of ether oxygens (including phenoxy) is 2. The Labute approximate surface area is 186 Å². The molecule has 164 valence electrons. The Morgan fingerprint density at radius 1 is 0.969 bits per heavy atom. The predicted molar refractivity (Wildman–Crippen MR) is 117 cm³/mol. The fourth-order valence-electron chi connectivity index (χ4n) is 4.19. The van der Waals surface area contributed by atoms with Crippen LogP contribution in [0.1, 0.15) is 17.7 Å². The minimum Gasteiger partial charge on any atom is -0.486 e. The Bertz CT molecular complexity index is 1100. The van der Waals surface area contributed by atoms with Crippen molar-refractivity contribution in [1.29, 1.82) is 0 Å². The van der Waals surface area contributed by atoms with E-state index in [-0.39, 0.29) is 18.2 Å². The van der Waals surface area contributed by atoms with E-state index in [4.69, 9.17) is 13.9 Å². The van der Waals surface area contributed by atoms with Crippen molar-refractivity contribution in [3.8, 4) is 11.5 Å². The maximum atomic E-state index is 13.5. The molecule has 1 aromatic heterocycles. The number of anilines is 1. The summed E-state index contributed by atoms with van der Waals surface area (Å²) in [4.78, 5) is 29.7. The second kappa shape index (κ2) is 8.78. The van der Waals surface area contributed by atoms with Crippen LogP contribution < -0.4 is 14.4 Å². The molecule has 3 aromatic rings. The molecule has 32 heavy (non-hydrogen) atoms. The van der Waals surface area contributed by atoms with Crippen LogP contribution in [0.5, 0.6) is 11.5 Å². The van der Waals surface area contributed by atoms with Crippen LogP contribution in [0.15, 0.2) is 71.3 Å². The van der Waals surface area contributed by atoms with Gasteiger partial charge in [0.05, 0.1) is 18.7 Å². The Balaban J connectivity index is 1.34. The van der Waals surface area contributed by atoms with E-state index in [1.165, 1.54) is 0 Å². The Morgan fingerprint density at radius 3 is 2.56 bits per heavy atom. The van der Waals surface area contributed by atoms with Gasteiger partial charge in [0.25, 0.3) is 0 Å². The molecule has 0 spiro atoms. The molecule has 1 unspecified atom stereocenters. The summed E-state index contributed by atoms with van der Waals surface area (Å²) in [5.74, 6) is 1.46. The van der Waals surface area contributed by atoms with Gasteiger partial charge in [0, 0.05) is 31.3 Å². The molecule has 0 aliphatic carbocycles. The molecule has 2 aliphatic rings. The molecule has 0 saturated carbocycles. The van der Waals surface area contributed by atoms with Gasteiger partial charge in [-0.05, 0) is 29.8 Å². The summed E-state index contributed by atoms with van der Waals surface area (Å²) >= 11 is 0. The molecule has 3 heterocycles. The molecule has 5 rings (SSSR count). The number of rotatable bonds is 6. The normalized spacial score (nSPS) is 17.4. The molecule has 1 fully saturated rings. The third-order valence-electron chi connectivity index (χ3n) is 5.77. The summed E-state index contributed by atoms with van der Waals surface area (Å²) in [6.07, 6.45) is 1.78. The van der Waals surface area contributed by atoms with Crippen molar-refractivity contribution in [3.05, 3.63) is 78.3 Å². The minimum atomic E-state index is -0.422. The van der Waals surface area contributed by atoms with Crippen LogP contribution in [0.4, 0.5) is 5.69 Å². The second-order valence-electron chi connectivity index (χ2n) is 7.99. The molecular formula is C25H24N2O5. The maximum Gasteiger partial charge on any atom is 0.228 e. The highest BCUT2D eigenvalue weighted by atomic mass is 16.6. The van der Waals surface area contributed by atoms with Crippen molar-refractivity contribution < 1.29 is 23.5 Å². The summed E-state index contributed by atoms with van der Waals surface area (Å²) in [7, 11) is 0. The smallest absolute Gasteiger partial charge is 0.228 e. The SMILES string of the molecule is O=C(C1CC(=O)N(c2ccc3c(c2)OCCO3)C1)N(Cc1ccccc1)Cc1ccco1. The first-order valence-corrected chi connectivity index (χ1v) is 10.7. The number of fused-ring (bicyclic) bond motifs is 1. The zero-order chi connectivity index (χ0) is 21.9. The van der Waals surface area contributed by atoms with Gasteiger partial charge in [-0.25, -0.2) is 0 Å². The number of hydrogen-bond acceptors (Lipinski definition) is 5. The van der Waals surface area contributed by atoms with E-state index < -0.39 is 5.92 Å². The van der Waals surface area contributed by atoms with Crippen LogP contribution in [-0.2, 0) is 22.7 Å². The Hall–Kier alpha value is -3.74. The van der Waals surface area contributed by atoms with Crippen molar-refractivity contribution in [2.45, 2.75) is 19.5 Å². The average molecular weight is 432 g/mol. The fraction of sp³-hybridized carbons (Fsp3) is 0.280. The van der Waals surface area contributed by atoms with Crippen LogP contribution in [0.25, 0.3) is 0 Å². The minimum absolute atomic E-state index is 0.0568. The summed E-state index contributed by atoms with van der Waals surface area (Å²) in [6.45, 7) is 2.14. The van der Waals surface area contributed by atoms with Crippen molar-refractivity contribution in [1.82, 2.24) is 4.90 Å². The van der Waals surface area contributed by atoms with Gasteiger partial charge in [-0.15, -0.1) is 0 Å². The number of amides is 2. The molecular weight excluding hydrogens is 408 g/mol. The molecule has 2 aromatic carbocycles. The third-order valence-corrected chi connectivity index (χ3v) is 5.77. The van der Waals surface area contributed by atoms with E-state index in [0.29, 0.717) is 50.1 Å². The summed E-state index contributed by atoms with van der Waals surface area (Å²) < 4.78 is 16.7. The molecule has 0 bridgehead atoms. The van der Waals surface area contributed by atoms with Gasteiger partial charge >= 0.3 is 0 Å². The number of nitrogens with zero attached hydrogens (tertiary/aromatic N) is 2. The lowest BCUT2D eigenvalue weighted by Crippen LogP contribution is -2.36. The summed E-state index contributed by atoms with van der Waals surface area (Å²) in [6, 6.07) is 18.9. The lowest BCUT2D eigenvalue weighted by atomic mass is 10.1. The van der Waals surface area contributed by atoms with E-state index in [0.717, 1.165) is 11.3 Å². The van der Waals surface area contributed by atoms with E-state index in [2.05, 4.69) is 0 Å². The van der Waals surface area contributed by atoms with E-state index >= 15 is 0 Å². The second-order valence-corrected chi connectivity index (χ2v) is 7.99. The lowest BCUT2D eigenvalue weighted by molar-refractivity contribution is -0.137. The number of carbonyl (C=O) groups excluding carboxylic acids is 2. The van der Waals surface area contributed by atoms with Crippen molar-refractivity contribution >= 4 is 17.5 Å². The highest BCUT2D eigenvalue weighted by molar-refractivity contribution is 6.00. The highest BCUT2D eigenvalue weighted by Crippen LogP contribution is 2.36. The van der Waals surface area contributed by atoms with Gasteiger partial charge in [0.15, 0.2) is 11.5 Å². The molecule has 0 N–H and O–H groups in total. The van der Waals surface area contributed by atoms with Crippen LogP contribution in [-0.4, -0.2) is 36.5 Å². The third kappa shape index (κ3) is 4.19. The number of carbonyl (C=O) groups is 2. The van der Waals surface area contributed by atoms with Gasteiger partial charge in [0.2, 0.25) is 11.8 Å². The van der Waals surface area contributed by atoms with Crippen molar-refractivity contribution in [2.24, 2.45) is 5.92 Å². The standard InChI is InChI=1S/C25H24N2O5/c28-24-13-19(16-27(24)20-8-9-22-23(14-20)32-12-11-31-22)25(29)26(17-21-7-4-10-30-21)15-18-5-2-1-3-6-18/h1-10,14,19H,11-13,15-17H2. The topological polar surface area (TPSA) is 72.2 Å². The zero-order valence-corrected chi connectivity index (χ0v) is 17.6. The molecule has 1 saturated heterocycles. The molecule has 0 radical (unpaired) electrons. The number of furan rings is 1. The summed E-state index contributed by atoms with van der Waals surface area (Å²) in [5, 5.41) is 0. The Morgan fingerprint density at radius 2 is 1.78 bits per heavy atom. The monoisotopic (exact) mass is 432 g/mol. The van der Waals surface area contributed by atoms with Gasteiger partial charge in [-0.1, -0.05) is 30.3 Å². The van der Waals surface area contributed by atoms with Gasteiger partial charge < -0.3 is 23.7 Å². The average Bonchev–Trinajstić information content (AvgIpc) is 3.48. The highest BCUT2D eigenvalue weighted by Gasteiger charge is 2.38. The first kappa shape index (κ1) is 20.2. The van der Waals surface area contributed by atoms with Crippen molar-refractivity contribution in [3.63, 3.8) is 0 Å². The van der Waals surface area contributed by atoms with Gasteiger partial charge in [-0.3, -0.25) is 9.59 Å². The first-order chi connectivity index (χ1) is 15.7. The molecule has 1 atom stereocenters. The first-order valence-electron chi connectivity index (χ1n) is 10.7. The largest absolute Gasteiger partial charge is 0.486 e. The van der Waals surface area contributed by atoms with Crippen molar-refractivity contribution in [2.75, 3.05) is 24.7 Å². The van der Waals surface area contributed by atoms with E-state index in [1.54, 1.807) is 16.1 Å². The quantitative estimate of drug-likeness (QED) is 0.595. The molecule has 2 aliphatic heterocycles.